The fourth-order valence-corrected chi connectivity index (χ4v) is 4.40. The molecule has 30 heavy (non-hydrogen) atoms. The van der Waals surface area contributed by atoms with Gasteiger partial charge in [0.2, 0.25) is 0 Å². The van der Waals surface area contributed by atoms with Gasteiger partial charge >= 0.3 is 0 Å². The van der Waals surface area contributed by atoms with E-state index in [1.54, 1.807) is 0 Å². The monoisotopic (exact) mass is 418 g/mol. The first-order valence-corrected chi connectivity index (χ1v) is 14.0. The van der Waals surface area contributed by atoms with Crippen molar-refractivity contribution in [2.45, 2.75) is 161 Å². The quantitative estimate of drug-likeness (QED) is 0.102. The van der Waals surface area contributed by atoms with Crippen molar-refractivity contribution in [1.82, 2.24) is 0 Å². The highest BCUT2D eigenvalue weighted by Gasteiger charge is 1.99. The number of allylic oxidation sites excluding steroid dienone is 2. The lowest BCUT2D eigenvalue weighted by molar-refractivity contribution is 0.459. The van der Waals surface area contributed by atoms with E-state index in [1.807, 2.05) is 0 Å². The number of unbranched alkanes of at least 4 members (excludes halogenated alkanes) is 19. The lowest BCUT2D eigenvalue weighted by atomic mass is 9.98. The zero-order valence-corrected chi connectivity index (χ0v) is 21.1. The fourth-order valence-electron chi connectivity index (χ4n) is 4.40. The summed E-state index contributed by atoms with van der Waals surface area (Å²) in [5.74, 6) is 0.888. The van der Waals surface area contributed by atoms with Crippen LogP contribution in [0.5, 0.6) is 0 Å². The van der Waals surface area contributed by atoms with Gasteiger partial charge in [0.25, 0.3) is 0 Å². The van der Waals surface area contributed by atoms with Crippen molar-refractivity contribution < 1.29 is 0 Å². The topological polar surface area (TPSA) is 0 Å². The Bertz CT molecular complexity index is 316. The molecule has 1 atom stereocenters. The molecular weight excluding hydrogens is 360 g/mol. The minimum atomic E-state index is 0.888. The van der Waals surface area contributed by atoms with E-state index in [2.05, 4.69) is 32.9 Å². The van der Waals surface area contributed by atoms with E-state index in [4.69, 9.17) is 0 Å². The van der Waals surface area contributed by atoms with E-state index in [-0.39, 0.29) is 0 Å². The zero-order valence-electron chi connectivity index (χ0n) is 21.1. The maximum Gasteiger partial charge on any atom is -0.0351 e. The minimum absolute atomic E-state index is 0.888. The Labute approximate surface area is 193 Å². The van der Waals surface area contributed by atoms with E-state index in [0.29, 0.717) is 0 Å². The molecule has 0 aliphatic carbocycles. The van der Waals surface area contributed by atoms with Crippen LogP contribution in [-0.4, -0.2) is 0 Å². The Morgan fingerprint density at radius 2 is 0.800 bits per heavy atom. The van der Waals surface area contributed by atoms with Crippen LogP contribution in [0.1, 0.15) is 161 Å². The molecule has 0 aliphatic heterocycles. The molecule has 0 amide bonds. The summed E-state index contributed by atoms with van der Waals surface area (Å²) in [7, 11) is 0. The van der Waals surface area contributed by atoms with Gasteiger partial charge in [0, 0.05) is 0 Å². The molecule has 0 fully saturated rings. The highest BCUT2D eigenvalue weighted by atomic mass is 14.1. The van der Waals surface area contributed by atoms with Crippen LogP contribution in [0.25, 0.3) is 0 Å². The van der Waals surface area contributed by atoms with Crippen LogP contribution in [0.15, 0.2) is 12.2 Å². The first kappa shape index (κ1) is 29.7. The van der Waals surface area contributed by atoms with Crippen molar-refractivity contribution in [3.8, 4) is 0 Å². The van der Waals surface area contributed by atoms with Crippen LogP contribution in [-0.2, 0) is 0 Å². The lowest BCUT2D eigenvalue weighted by Gasteiger charge is -2.08. The van der Waals surface area contributed by atoms with Crippen molar-refractivity contribution in [3.05, 3.63) is 26.0 Å². The molecule has 0 saturated carbocycles. The van der Waals surface area contributed by atoms with Gasteiger partial charge in [-0.2, -0.15) is 0 Å². The van der Waals surface area contributed by atoms with Crippen molar-refractivity contribution in [1.29, 1.82) is 0 Å². The second kappa shape index (κ2) is 26.8. The van der Waals surface area contributed by atoms with Gasteiger partial charge in [-0.25, -0.2) is 0 Å². The second-order valence-corrected chi connectivity index (χ2v) is 9.80. The summed E-state index contributed by atoms with van der Waals surface area (Å²) in [5.41, 5.74) is 0. The Morgan fingerprint density at radius 3 is 1.20 bits per heavy atom. The van der Waals surface area contributed by atoms with Gasteiger partial charge in [-0.05, 0) is 31.6 Å². The van der Waals surface area contributed by atoms with Gasteiger partial charge in [0.15, 0.2) is 0 Å². The molecule has 0 heteroatoms. The first-order valence-electron chi connectivity index (χ1n) is 14.0. The lowest BCUT2D eigenvalue weighted by Crippen LogP contribution is -1.93. The van der Waals surface area contributed by atoms with E-state index in [0.717, 1.165) is 18.8 Å². The Hall–Kier alpha value is -0.260. The van der Waals surface area contributed by atoms with Crippen LogP contribution in [0.3, 0.4) is 0 Å². The molecule has 2 radical (unpaired) electrons. The third-order valence-corrected chi connectivity index (χ3v) is 6.55. The maximum atomic E-state index is 3.96. The summed E-state index contributed by atoms with van der Waals surface area (Å²) < 4.78 is 0. The maximum absolute atomic E-state index is 3.96. The first-order chi connectivity index (χ1) is 14.8. The highest BCUT2D eigenvalue weighted by molar-refractivity contribution is 4.81. The van der Waals surface area contributed by atoms with E-state index in [1.165, 1.54) is 141 Å². The number of hydrogen-bond acceptors (Lipinski definition) is 0. The van der Waals surface area contributed by atoms with Gasteiger partial charge in [-0.3, -0.25) is 0 Å². The second-order valence-electron chi connectivity index (χ2n) is 9.80. The van der Waals surface area contributed by atoms with E-state index < -0.39 is 0 Å². The molecule has 1 unspecified atom stereocenters. The summed E-state index contributed by atoms with van der Waals surface area (Å²) in [6.07, 6.45) is 38.2. The molecule has 0 heterocycles. The molecule has 0 nitrogen and oxygen atoms in total. The average molecular weight is 419 g/mol. The van der Waals surface area contributed by atoms with Gasteiger partial charge in [-0.15, -0.1) is 0 Å². The smallest absolute Gasteiger partial charge is 0.0351 e. The minimum Gasteiger partial charge on any atom is -0.0885 e. The molecular formula is C30H58. The normalized spacial score (nSPS) is 12.8. The van der Waals surface area contributed by atoms with Crippen LogP contribution in [0.2, 0.25) is 0 Å². The van der Waals surface area contributed by atoms with Crippen LogP contribution >= 0.6 is 0 Å². The molecule has 0 rings (SSSR count). The molecule has 0 aromatic rings. The summed E-state index contributed by atoms with van der Waals surface area (Å²) in [4.78, 5) is 0. The molecule has 0 aromatic heterocycles. The van der Waals surface area contributed by atoms with E-state index in [9.17, 15) is 0 Å². The van der Waals surface area contributed by atoms with E-state index >= 15 is 0 Å². The van der Waals surface area contributed by atoms with Gasteiger partial charge in [0.1, 0.15) is 0 Å². The summed E-state index contributed by atoms with van der Waals surface area (Å²) in [6, 6.07) is 0. The predicted molar refractivity (Wildman–Crippen MR) is 140 cm³/mol. The van der Waals surface area contributed by atoms with Gasteiger partial charge < -0.3 is 0 Å². The number of rotatable bonds is 25. The number of hydrogen-bond donors (Lipinski definition) is 0. The van der Waals surface area contributed by atoms with Crippen LogP contribution in [0, 0.1) is 19.8 Å². The summed E-state index contributed by atoms with van der Waals surface area (Å²) in [6.45, 7) is 10.3. The van der Waals surface area contributed by atoms with Crippen molar-refractivity contribution in [2.24, 2.45) is 5.92 Å². The van der Waals surface area contributed by atoms with Gasteiger partial charge in [-0.1, -0.05) is 161 Å². The zero-order chi connectivity index (χ0) is 22.0. The molecule has 0 bridgehead atoms. The Morgan fingerprint density at radius 1 is 0.433 bits per heavy atom. The highest BCUT2D eigenvalue weighted by Crippen LogP contribution is 2.16. The molecule has 0 spiro atoms. The fraction of sp³-hybridized carbons (Fsp3) is 0.867. The molecule has 0 N–H and O–H groups in total. The van der Waals surface area contributed by atoms with Crippen molar-refractivity contribution in [3.63, 3.8) is 0 Å². The SMILES string of the molecule is [CH2]CCCCCCCCCCCCCCCC=CCCCCCCCC(C)CC[CH2]. The van der Waals surface area contributed by atoms with Crippen molar-refractivity contribution >= 4 is 0 Å². The van der Waals surface area contributed by atoms with Gasteiger partial charge in [0.05, 0.1) is 0 Å². The Balaban J connectivity index is 3.10. The molecule has 0 saturated heterocycles. The third kappa shape index (κ3) is 25.8. The Kier molecular flexibility index (Phi) is 26.5. The molecule has 178 valence electrons. The largest absolute Gasteiger partial charge is 0.0885 e. The average Bonchev–Trinajstić information content (AvgIpc) is 2.74. The van der Waals surface area contributed by atoms with Crippen LogP contribution < -0.4 is 0 Å². The van der Waals surface area contributed by atoms with Crippen molar-refractivity contribution in [2.75, 3.05) is 0 Å². The molecule has 0 aromatic carbocycles. The third-order valence-electron chi connectivity index (χ3n) is 6.55. The summed E-state index contributed by atoms with van der Waals surface area (Å²) in [5, 5.41) is 0. The summed E-state index contributed by atoms with van der Waals surface area (Å²) >= 11 is 0. The standard InChI is InChI=1S/C30H58/c1-4-6-7-8-9-10-11-12-13-14-15-16-17-18-19-20-21-22-23-24-25-26-27-29-30(3)28-5-2/h20-21,30H,1-2,4-19,22-29H2,3H3. The van der Waals surface area contributed by atoms with Crippen LogP contribution in [0.4, 0.5) is 0 Å². The predicted octanol–water partition coefficient (Wildman–Crippen LogP) is 11.2. The molecule has 0 aliphatic rings.